The van der Waals surface area contributed by atoms with Crippen molar-refractivity contribution in [2.24, 2.45) is 5.92 Å². The number of benzene rings is 2. The van der Waals surface area contributed by atoms with Crippen molar-refractivity contribution < 1.29 is 13.2 Å². The first-order chi connectivity index (χ1) is 11.1. The van der Waals surface area contributed by atoms with Crippen LogP contribution in [-0.4, -0.2) is 21.6 Å². The summed E-state index contributed by atoms with van der Waals surface area (Å²) in [6, 6.07) is 14.1. The molecule has 0 radical (unpaired) electrons. The van der Waals surface area contributed by atoms with E-state index >= 15 is 0 Å². The summed E-state index contributed by atoms with van der Waals surface area (Å²) < 4.78 is 33.6. The lowest BCUT2D eigenvalue weighted by molar-refractivity contribution is 0.0911. The zero-order valence-electron chi connectivity index (χ0n) is 12.5. The SMILES string of the molecule is O=S(=O)(Nc1ccccc1)c1ccc2c(c1)C1OCCC1CN2. The Balaban J connectivity index is 1.68. The standard InChI is InChI=1S/C17H18N2O3S/c20-23(21,19-13-4-2-1-3-5-13)14-6-7-16-15(10-14)17-12(11-18-16)8-9-22-17/h1-7,10,12,17-19H,8-9,11H2. The van der Waals surface area contributed by atoms with Crippen LogP contribution in [0.5, 0.6) is 0 Å². The summed E-state index contributed by atoms with van der Waals surface area (Å²) in [4.78, 5) is 0.262. The molecule has 2 N–H and O–H groups in total. The van der Waals surface area contributed by atoms with Crippen LogP contribution in [-0.2, 0) is 14.8 Å². The summed E-state index contributed by atoms with van der Waals surface area (Å²) in [6.07, 6.45) is 1.01. The van der Waals surface area contributed by atoms with Gasteiger partial charge in [0.2, 0.25) is 0 Å². The topological polar surface area (TPSA) is 67.4 Å². The molecule has 6 heteroatoms. The molecule has 2 aromatic carbocycles. The fourth-order valence-electron chi connectivity index (χ4n) is 3.25. The molecular formula is C17H18N2O3S. The van der Waals surface area contributed by atoms with E-state index in [4.69, 9.17) is 4.74 Å². The van der Waals surface area contributed by atoms with Crippen molar-refractivity contribution in [1.82, 2.24) is 0 Å². The third-order valence-electron chi connectivity index (χ3n) is 4.43. The molecule has 2 aliphatic heterocycles. The molecule has 0 bridgehead atoms. The van der Waals surface area contributed by atoms with E-state index in [9.17, 15) is 8.42 Å². The molecule has 2 heterocycles. The molecule has 5 nitrogen and oxygen atoms in total. The summed E-state index contributed by atoms with van der Waals surface area (Å²) in [7, 11) is -3.61. The molecule has 2 unspecified atom stereocenters. The quantitative estimate of drug-likeness (QED) is 0.908. The Morgan fingerprint density at radius 1 is 1.13 bits per heavy atom. The molecule has 4 rings (SSSR count). The number of sulfonamides is 1. The van der Waals surface area contributed by atoms with E-state index in [0.29, 0.717) is 11.6 Å². The van der Waals surface area contributed by atoms with E-state index in [-0.39, 0.29) is 11.0 Å². The van der Waals surface area contributed by atoms with Gasteiger partial charge in [0.25, 0.3) is 10.0 Å². The van der Waals surface area contributed by atoms with Gasteiger partial charge in [-0.3, -0.25) is 4.72 Å². The average molecular weight is 330 g/mol. The summed E-state index contributed by atoms with van der Waals surface area (Å²) in [5.74, 6) is 0.419. The van der Waals surface area contributed by atoms with Crippen molar-refractivity contribution >= 4 is 21.4 Å². The lowest BCUT2D eigenvalue weighted by Gasteiger charge is -2.28. The Kier molecular flexibility index (Phi) is 3.50. The van der Waals surface area contributed by atoms with E-state index in [0.717, 1.165) is 30.8 Å². The maximum atomic E-state index is 12.6. The highest BCUT2D eigenvalue weighted by Crippen LogP contribution is 2.42. The molecule has 1 fully saturated rings. The molecule has 0 aliphatic carbocycles. The number of hydrogen-bond acceptors (Lipinski definition) is 4. The number of ether oxygens (including phenoxy) is 1. The van der Waals surface area contributed by atoms with E-state index < -0.39 is 10.0 Å². The van der Waals surface area contributed by atoms with Gasteiger partial charge in [0.05, 0.1) is 11.0 Å². The Morgan fingerprint density at radius 2 is 1.96 bits per heavy atom. The molecule has 1 saturated heterocycles. The van der Waals surface area contributed by atoms with Gasteiger partial charge in [-0.25, -0.2) is 8.42 Å². The number of rotatable bonds is 3. The van der Waals surface area contributed by atoms with Crippen molar-refractivity contribution in [1.29, 1.82) is 0 Å². The van der Waals surface area contributed by atoms with Gasteiger partial charge >= 0.3 is 0 Å². The second-order valence-electron chi connectivity index (χ2n) is 5.94. The van der Waals surface area contributed by atoms with Crippen LogP contribution in [0.15, 0.2) is 53.4 Å². The summed E-state index contributed by atoms with van der Waals surface area (Å²) >= 11 is 0. The first-order valence-electron chi connectivity index (χ1n) is 7.71. The Morgan fingerprint density at radius 3 is 2.78 bits per heavy atom. The number of anilines is 2. The fourth-order valence-corrected chi connectivity index (χ4v) is 4.35. The minimum atomic E-state index is -3.61. The lowest BCUT2D eigenvalue weighted by Crippen LogP contribution is -2.25. The van der Waals surface area contributed by atoms with Crippen molar-refractivity contribution in [3.63, 3.8) is 0 Å². The molecule has 0 aromatic heterocycles. The van der Waals surface area contributed by atoms with E-state index in [1.807, 2.05) is 12.1 Å². The molecule has 2 aliphatic rings. The predicted molar refractivity (Wildman–Crippen MR) is 89.0 cm³/mol. The predicted octanol–water partition coefficient (Wildman–Crippen LogP) is 2.99. The average Bonchev–Trinajstić information content (AvgIpc) is 3.04. The number of fused-ring (bicyclic) bond motifs is 3. The van der Waals surface area contributed by atoms with Crippen molar-refractivity contribution in [3.8, 4) is 0 Å². The van der Waals surface area contributed by atoms with Crippen LogP contribution in [0.4, 0.5) is 11.4 Å². The van der Waals surface area contributed by atoms with Crippen molar-refractivity contribution in [2.45, 2.75) is 17.4 Å². The monoisotopic (exact) mass is 330 g/mol. The van der Waals surface area contributed by atoms with E-state index in [1.165, 1.54) is 0 Å². The minimum Gasteiger partial charge on any atom is -0.384 e. The largest absolute Gasteiger partial charge is 0.384 e. The minimum absolute atomic E-state index is 0.00174. The van der Waals surface area contributed by atoms with Crippen LogP contribution < -0.4 is 10.0 Å². The first-order valence-corrected chi connectivity index (χ1v) is 9.19. The second-order valence-corrected chi connectivity index (χ2v) is 7.62. The highest BCUT2D eigenvalue weighted by molar-refractivity contribution is 7.92. The molecule has 2 aromatic rings. The number of hydrogen-bond donors (Lipinski definition) is 2. The van der Waals surface area contributed by atoms with E-state index in [2.05, 4.69) is 10.0 Å². The fraction of sp³-hybridized carbons (Fsp3) is 0.294. The van der Waals surface area contributed by atoms with Crippen molar-refractivity contribution in [3.05, 3.63) is 54.1 Å². The van der Waals surface area contributed by atoms with E-state index in [1.54, 1.807) is 36.4 Å². The third-order valence-corrected chi connectivity index (χ3v) is 5.81. The zero-order valence-corrected chi connectivity index (χ0v) is 13.3. The molecule has 0 spiro atoms. The molecule has 0 saturated carbocycles. The van der Waals surface area contributed by atoms with Gasteiger partial charge in [-0.1, -0.05) is 18.2 Å². The van der Waals surface area contributed by atoms with Crippen LogP contribution in [0, 0.1) is 5.92 Å². The van der Waals surface area contributed by atoms with Crippen LogP contribution >= 0.6 is 0 Å². The maximum Gasteiger partial charge on any atom is 0.261 e. The summed E-state index contributed by atoms with van der Waals surface area (Å²) in [6.45, 7) is 1.61. The van der Waals surface area contributed by atoms with Gasteiger partial charge < -0.3 is 10.1 Å². The summed E-state index contributed by atoms with van der Waals surface area (Å²) in [5, 5.41) is 3.37. The molecule has 23 heavy (non-hydrogen) atoms. The zero-order chi connectivity index (χ0) is 15.9. The third kappa shape index (κ3) is 2.68. The van der Waals surface area contributed by atoms with Crippen LogP contribution in [0.25, 0.3) is 0 Å². The molecular weight excluding hydrogens is 312 g/mol. The van der Waals surface area contributed by atoms with Crippen molar-refractivity contribution in [2.75, 3.05) is 23.2 Å². The smallest absolute Gasteiger partial charge is 0.261 e. The lowest BCUT2D eigenvalue weighted by atomic mass is 9.91. The number of nitrogens with one attached hydrogen (secondary N) is 2. The van der Waals surface area contributed by atoms with Gasteiger partial charge in [-0.2, -0.15) is 0 Å². The van der Waals surface area contributed by atoms with Gasteiger partial charge in [-0.15, -0.1) is 0 Å². The first kappa shape index (κ1) is 14.5. The number of para-hydroxylation sites is 1. The van der Waals surface area contributed by atoms with Gasteiger partial charge in [0.15, 0.2) is 0 Å². The van der Waals surface area contributed by atoms with Crippen LogP contribution in [0.3, 0.4) is 0 Å². The highest BCUT2D eigenvalue weighted by atomic mass is 32.2. The van der Waals surface area contributed by atoms with Crippen LogP contribution in [0.1, 0.15) is 18.1 Å². The van der Waals surface area contributed by atoms with Gasteiger partial charge in [0, 0.05) is 36.0 Å². The highest BCUT2D eigenvalue weighted by Gasteiger charge is 2.35. The van der Waals surface area contributed by atoms with Crippen LogP contribution in [0.2, 0.25) is 0 Å². The van der Waals surface area contributed by atoms with Gasteiger partial charge in [0.1, 0.15) is 0 Å². The normalized spacial score (nSPS) is 22.8. The maximum absolute atomic E-state index is 12.6. The molecule has 120 valence electrons. The molecule has 2 atom stereocenters. The summed E-state index contributed by atoms with van der Waals surface area (Å²) in [5.41, 5.74) is 2.46. The second kappa shape index (κ2) is 5.54. The van der Waals surface area contributed by atoms with Gasteiger partial charge in [-0.05, 0) is 36.8 Å². The Labute approximate surface area is 135 Å². The Hall–Kier alpha value is -2.05. The Bertz CT molecular complexity index is 821. The molecule has 0 amide bonds.